The van der Waals surface area contributed by atoms with Crippen LogP contribution in [0.15, 0.2) is 42.0 Å². The van der Waals surface area contributed by atoms with Crippen LogP contribution in [0.4, 0.5) is 5.69 Å². The van der Waals surface area contributed by atoms with E-state index in [1.165, 1.54) is 12.8 Å². The van der Waals surface area contributed by atoms with Crippen molar-refractivity contribution in [2.45, 2.75) is 26.2 Å². The number of imidazole rings is 1. The fourth-order valence-electron chi connectivity index (χ4n) is 3.63. The molecule has 144 valence electrons. The minimum absolute atomic E-state index is 0. The van der Waals surface area contributed by atoms with Gasteiger partial charge in [0, 0.05) is 35.4 Å². The summed E-state index contributed by atoms with van der Waals surface area (Å²) in [5, 5.41) is 8.48. The van der Waals surface area contributed by atoms with E-state index in [1.54, 1.807) is 11.3 Å². The van der Waals surface area contributed by atoms with Crippen molar-refractivity contribution in [3.05, 3.63) is 42.0 Å². The fourth-order valence-corrected chi connectivity index (χ4v) is 4.33. The van der Waals surface area contributed by atoms with Gasteiger partial charge in [0.1, 0.15) is 0 Å². The van der Waals surface area contributed by atoms with Gasteiger partial charge in [0.25, 0.3) is 0 Å². The summed E-state index contributed by atoms with van der Waals surface area (Å²) < 4.78 is 2.02. The molecule has 5 nitrogen and oxygen atoms in total. The van der Waals surface area contributed by atoms with Crippen molar-refractivity contribution >= 4 is 40.3 Å². The number of hydrogen-bond donors (Lipinski definition) is 2. The molecule has 1 saturated heterocycles. The first-order valence-electron chi connectivity index (χ1n) is 9.22. The second kappa shape index (κ2) is 8.87. The predicted molar refractivity (Wildman–Crippen MR) is 114 cm³/mol. The molecule has 2 unspecified atom stereocenters. The van der Waals surface area contributed by atoms with Crippen LogP contribution in [0.2, 0.25) is 0 Å². The molecule has 3 heterocycles. The number of benzene rings is 1. The second-order valence-corrected chi connectivity index (χ2v) is 8.01. The molecule has 2 atom stereocenters. The summed E-state index contributed by atoms with van der Waals surface area (Å²) >= 11 is 1.62. The second-order valence-electron chi connectivity index (χ2n) is 7.13. The topological polar surface area (TPSA) is 58.4 Å². The van der Waals surface area contributed by atoms with Gasteiger partial charge in [-0.3, -0.25) is 9.20 Å². The molecule has 1 aliphatic heterocycles. The highest BCUT2D eigenvalue weighted by atomic mass is 35.5. The van der Waals surface area contributed by atoms with Crippen LogP contribution in [-0.4, -0.2) is 28.4 Å². The molecule has 2 aromatic heterocycles. The third kappa shape index (κ3) is 4.69. The predicted octanol–water partition coefficient (Wildman–Crippen LogP) is 4.45. The van der Waals surface area contributed by atoms with Gasteiger partial charge in [-0.1, -0.05) is 19.1 Å². The number of amides is 1. The highest BCUT2D eigenvalue weighted by Crippen LogP contribution is 2.25. The summed E-state index contributed by atoms with van der Waals surface area (Å²) in [7, 11) is 0. The van der Waals surface area contributed by atoms with Crippen LogP contribution in [0.3, 0.4) is 0 Å². The molecule has 1 aliphatic rings. The van der Waals surface area contributed by atoms with E-state index in [0.29, 0.717) is 18.3 Å². The molecule has 0 saturated carbocycles. The summed E-state index contributed by atoms with van der Waals surface area (Å²) in [5.74, 6) is 1.10. The van der Waals surface area contributed by atoms with Crippen LogP contribution in [0.25, 0.3) is 16.2 Å². The van der Waals surface area contributed by atoms with Gasteiger partial charge in [0.15, 0.2) is 4.96 Å². The molecule has 0 aliphatic carbocycles. The third-order valence-electron chi connectivity index (χ3n) is 5.20. The lowest BCUT2D eigenvalue weighted by Gasteiger charge is -2.28. The average molecular weight is 405 g/mol. The Morgan fingerprint density at radius 3 is 2.93 bits per heavy atom. The zero-order valence-electron chi connectivity index (χ0n) is 15.4. The smallest absolute Gasteiger partial charge is 0.224 e. The van der Waals surface area contributed by atoms with E-state index >= 15 is 0 Å². The molecule has 0 spiro atoms. The van der Waals surface area contributed by atoms with Crippen LogP contribution >= 0.6 is 23.7 Å². The number of aromatic nitrogens is 2. The van der Waals surface area contributed by atoms with Gasteiger partial charge in [-0.25, -0.2) is 4.98 Å². The highest BCUT2D eigenvalue weighted by molar-refractivity contribution is 7.15. The number of piperidine rings is 1. The lowest BCUT2D eigenvalue weighted by atomic mass is 9.85. The van der Waals surface area contributed by atoms with Crippen molar-refractivity contribution in [2.24, 2.45) is 11.8 Å². The summed E-state index contributed by atoms with van der Waals surface area (Å²) in [4.78, 5) is 18.0. The van der Waals surface area contributed by atoms with E-state index in [2.05, 4.69) is 22.5 Å². The summed E-state index contributed by atoms with van der Waals surface area (Å²) in [6, 6.07) is 7.92. The van der Waals surface area contributed by atoms with Crippen LogP contribution in [0.1, 0.15) is 26.2 Å². The zero-order valence-corrected chi connectivity index (χ0v) is 17.0. The molecular formula is C20H25ClN4OS. The minimum atomic E-state index is 0. The van der Waals surface area contributed by atoms with Crippen molar-refractivity contribution < 1.29 is 4.79 Å². The van der Waals surface area contributed by atoms with Gasteiger partial charge in [0.2, 0.25) is 5.91 Å². The summed E-state index contributed by atoms with van der Waals surface area (Å²) in [5.41, 5.74) is 2.85. The molecule has 2 N–H and O–H groups in total. The van der Waals surface area contributed by atoms with Gasteiger partial charge in [-0.2, -0.15) is 0 Å². The van der Waals surface area contributed by atoms with Crippen molar-refractivity contribution in [3.63, 3.8) is 0 Å². The van der Waals surface area contributed by atoms with Gasteiger partial charge < -0.3 is 10.6 Å². The van der Waals surface area contributed by atoms with Crippen molar-refractivity contribution in [2.75, 3.05) is 18.4 Å². The SMILES string of the molecule is CC(CC(=O)Nc1ccc(-c2cn3ccsc3n2)cc1)C1CCCNC1.Cl. The van der Waals surface area contributed by atoms with E-state index in [0.717, 1.165) is 35.0 Å². The Bertz CT molecular complexity index is 854. The first-order valence-corrected chi connectivity index (χ1v) is 10.1. The van der Waals surface area contributed by atoms with Crippen molar-refractivity contribution in [1.29, 1.82) is 0 Å². The van der Waals surface area contributed by atoms with Crippen LogP contribution < -0.4 is 10.6 Å². The number of hydrogen-bond acceptors (Lipinski definition) is 4. The maximum Gasteiger partial charge on any atom is 0.224 e. The molecule has 3 aromatic rings. The number of nitrogens with one attached hydrogen (secondary N) is 2. The van der Waals surface area contributed by atoms with Gasteiger partial charge in [-0.15, -0.1) is 23.7 Å². The first kappa shape index (κ1) is 19.9. The lowest BCUT2D eigenvalue weighted by Crippen LogP contribution is -2.34. The molecule has 4 rings (SSSR count). The molecular weight excluding hydrogens is 380 g/mol. The Labute approximate surface area is 169 Å². The largest absolute Gasteiger partial charge is 0.326 e. The van der Waals surface area contributed by atoms with Crippen molar-refractivity contribution in [3.8, 4) is 11.3 Å². The van der Waals surface area contributed by atoms with Gasteiger partial charge >= 0.3 is 0 Å². The normalized spacial score (nSPS) is 18.0. The standard InChI is InChI=1S/C20H24N4OS.ClH/c1-14(16-3-2-8-21-12-16)11-19(25)22-17-6-4-15(5-7-17)18-13-24-9-10-26-20(24)23-18;/h4-7,9-10,13-14,16,21H,2-3,8,11-12H2,1H3,(H,22,25);1H. The van der Waals surface area contributed by atoms with E-state index in [1.807, 2.05) is 46.4 Å². The highest BCUT2D eigenvalue weighted by Gasteiger charge is 2.22. The van der Waals surface area contributed by atoms with E-state index in [4.69, 9.17) is 0 Å². The zero-order chi connectivity index (χ0) is 17.9. The quantitative estimate of drug-likeness (QED) is 0.660. The molecule has 27 heavy (non-hydrogen) atoms. The van der Waals surface area contributed by atoms with Gasteiger partial charge in [0.05, 0.1) is 5.69 Å². The van der Waals surface area contributed by atoms with Crippen LogP contribution in [-0.2, 0) is 4.79 Å². The molecule has 1 amide bonds. The number of carbonyl (C=O) groups is 1. The Balaban J connectivity index is 0.00000210. The Morgan fingerprint density at radius 2 is 2.22 bits per heavy atom. The average Bonchev–Trinajstić information content (AvgIpc) is 3.25. The van der Waals surface area contributed by atoms with Crippen molar-refractivity contribution in [1.82, 2.24) is 14.7 Å². The van der Waals surface area contributed by atoms with E-state index in [-0.39, 0.29) is 18.3 Å². The number of fused-ring (bicyclic) bond motifs is 1. The molecule has 1 aromatic carbocycles. The lowest BCUT2D eigenvalue weighted by molar-refractivity contribution is -0.117. The number of thiazole rings is 1. The Hall–Kier alpha value is -1.89. The number of rotatable bonds is 5. The maximum atomic E-state index is 12.4. The molecule has 0 bridgehead atoms. The monoisotopic (exact) mass is 404 g/mol. The number of nitrogens with zero attached hydrogens (tertiary/aromatic N) is 2. The Morgan fingerprint density at radius 1 is 1.41 bits per heavy atom. The minimum Gasteiger partial charge on any atom is -0.326 e. The maximum absolute atomic E-state index is 12.4. The number of anilines is 1. The first-order chi connectivity index (χ1) is 12.7. The summed E-state index contributed by atoms with van der Waals surface area (Å²) in [6.07, 6.45) is 7.04. The molecule has 7 heteroatoms. The fraction of sp³-hybridized carbons (Fsp3) is 0.400. The molecule has 1 fully saturated rings. The van der Waals surface area contributed by atoms with E-state index < -0.39 is 0 Å². The van der Waals surface area contributed by atoms with Crippen LogP contribution in [0, 0.1) is 11.8 Å². The number of halogens is 1. The summed E-state index contributed by atoms with van der Waals surface area (Å²) in [6.45, 7) is 4.33. The van der Waals surface area contributed by atoms with Crippen LogP contribution in [0.5, 0.6) is 0 Å². The Kier molecular flexibility index (Phi) is 6.52. The van der Waals surface area contributed by atoms with E-state index in [9.17, 15) is 4.79 Å². The number of carbonyl (C=O) groups excluding carboxylic acids is 1. The molecule has 0 radical (unpaired) electrons. The van der Waals surface area contributed by atoms with Gasteiger partial charge in [-0.05, 0) is 49.9 Å². The third-order valence-corrected chi connectivity index (χ3v) is 5.98.